The molecule has 0 bridgehead atoms. The van der Waals surface area contributed by atoms with Crippen molar-refractivity contribution < 1.29 is 17.9 Å². The number of esters is 1. The smallest absolute Gasteiger partial charge is 0.310 e. The lowest BCUT2D eigenvalue weighted by molar-refractivity contribution is -0.148. The number of H-pyrrole nitrogens is 1. The highest BCUT2D eigenvalue weighted by molar-refractivity contribution is 7.89. The number of nitrogens with two attached hydrogens (primary N) is 1. The van der Waals surface area contributed by atoms with E-state index in [2.05, 4.69) is 25.2 Å². The maximum Gasteiger partial charge on any atom is 0.310 e. The monoisotopic (exact) mass is 444 g/mol. The van der Waals surface area contributed by atoms with E-state index < -0.39 is 10.0 Å². The van der Waals surface area contributed by atoms with Gasteiger partial charge in [-0.3, -0.25) is 4.79 Å². The van der Waals surface area contributed by atoms with E-state index in [1.54, 1.807) is 25.3 Å². The van der Waals surface area contributed by atoms with Crippen molar-refractivity contribution in [2.45, 2.75) is 24.7 Å². The molecule has 3 heterocycles. The Labute approximate surface area is 179 Å². The highest BCUT2D eigenvalue weighted by Crippen LogP contribution is 2.30. The SMILES string of the molecule is CCOC(=O)C1CCCN(c2nc(Nc3cccc(S(N)(=O)=O)c3)nc3[nH]ccc23)C1. The summed E-state index contributed by atoms with van der Waals surface area (Å²) in [5, 5.41) is 9.12. The molecule has 0 radical (unpaired) electrons. The van der Waals surface area contributed by atoms with Gasteiger partial charge in [-0.15, -0.1) is 0 Å². The van der Waals surface area contributed by atoms with Gasteiger partial charge in [-0.05, 0) is 44.0 Å². The third-order valence-corrected chi connectivity index (χ3v) is 6.07. The minimum absolute atomic E-state index is 0.00742. The second-order valence-electron chi connectivity index (χ2n) is 7.35. The number of aromatic nitrogens is 3. The van der Waals surface area contributed by atoms with E-state index >= 15 is 0 Å². The van der Waals surface area contributed by atoms with Gasteiger partial charge in [-0.1, -0.05) is 6.07 Å². The van der Waals surface area contributed by atoms with Crippen molar-refractivity contribution in [3.05, 3.63) is 36.5 Å². The number of rotatable bonds is 6. The molecular weight excluding hydrogens is 420 g/mol. The van der Waals surface area contributed by atoms with Crippen LogP contribution < -0.4 is 15.4 Å². The first-order valence-electron chi connectivity index (χ1n) is 10.0. The maximum atomic E-state index is 12.3. The van der Waals surface area contributed by atoms with Gasteiger partial charge in [0.1, 0.15) is 11.5 Å². The number of carbonyl (C=O) groups is 1. The Morgan fingerprint density at radius 1 is 1.35 bits per heavy atom. The third-order valence-electron chi connectivity index (χ3n) is 5.16. The fourth-order valence-electron chi connectivity index (χ4n) is 3.72. The first-order chi connectivity index (χ1) is 14.8. The molecule has 11 heteroatoms. The summed E-state index contributed by atoms with van der Waals surface area (Å²) in [5.41, 5.74) is 1.12. The van der Waals surface area contributed by atoms with Crippen LogP contribution in [-0.2, 0) is 19.6 Å². The zero-order chi connectivity index (χ0) is 22.0. The lowest BCUT2D eigenvalue weighted by Gasteiger charge is -2.32. The van der Waals surface area contributed by atoms with E-state index in [-0.39, 0.29) is 16.8 Å². The quantitative estimate of drug-likeness (QED) is 0.491. The summed E-state index contributed by atoms with van der Waals surface area (Å²) in [5.74, 6) is 0.602. The lowest BCUT2D eigenvalue weighted by atomic mass is 9.98. The molecule has 2 aromatic heterocycles. The summed E-state index contributed by atoms with van der Waals surface area (Å²) < 4.78 is 28.5. The molecule has 164 valence electrons. The molecule has 4 N–H and O–H groups in total. The summed E-state index contributed by atoms with van der Waals surface area (Å²) in [6.45, 7) is 3.43. The van der Waals surface area contributed by atoms with Crippen LogP contribution in [0.5, 0.6) is 0 Å². The van der Waals surface area contributed by atoms with Gasteiger partial charge in [-0.2, -0.15) is 9.97 Å². The van der Waals surface area contributed by atoms with Crippen molar-refractivity contribution in [2.75, 3.05) is 29.9 Å². The maximum absolute atomic E-state index is 12.3. The number of benzene rings is 1. The molecule has 4 rings (SSSR count). The number of fused-ring (bicyclic) bond motifs is 1. The fraction of sp³-hybridized carbons (Fsp3) is 0.350. The van der Waals surface area contributed by atoms with Crippen LogP contribution in [0.1, 0.15) is 19.8 Å². The van der Waals surface area contributed by atoms with Crippen LogP contribution in [-0.4, -0.2) is 49.0 Å². The van der Waals surface area contributed by atoms with E-state index in [9.17, 15) is 13.2 Å². The number of hydrogen-bond donors (Lipinski definition) is 3. The summed E-state index contributed by atoms with van der Waals surface area (Å²) in [4.78, 5) is 26.6. The minimum Gasteiger partial charge on any atom is -0.466 e. The Balaban J connectivity index is 1.65. The van der Waals surface area contributed by atoms with Crippen LogP contribution in [0, 0.1) is 5.92 Å². The highest BCUT2D eigenvalue weighted by Gasteiger charge is 2.29. The number of carbonyl (C=O) groups excluding carboxylic acids is 1. The van der Waals surface area contributed by atoms with Crippen LogP contribution in [0.4, 0.5) is 17.5 Å². The van der Waals surface area contributed by atoms with Gasteiger partial charge in [0, 0.05) is 25.0 Å². The molecule has 1 aliphatic rings. The molecule has 1 aliphatic heterocycles. The summed E-state index contributed by atoms with van der Waals surface area (Å²) >= 11 is 0. The second kappa shape index (κ2) is 8.52. The van der Waals surface area contributed by atoms with Crippen molar-refractivity contribution >= 4 is 44.5 Å². The number of aromatic amines is 1. The Hall–Kier alpha value is -3.18. The van der Waals surface area contributed by atoms with Gasteiger partial charge in [0.05, 0.1) is 22.8 Å². The molecule has 0 saturated carbocycles. The number of hydrogen-bond acceptors (Lipinski definition) is 8. The number of nitrogens with one attached hydrogen (secondary N) is 2. The average molecular weight is 445 g/mol. The predicted octanol–water partition coefficient (Wildman–Crippen LogP) is 2.13. The molecular formula is C20H24N6O4S. The Bertz CT molecular complexity index is 1210. The molecule has 10 nitrogen and oxygen atoms in total. The first-order valence-corrected chi connectivity index (χ1v) is 11.6. The van der Waals surface area contributed by atoms with Gasteiger partial charge in [0.25, 0.3) is 0 Å². The van der Waals surface area contributed by atoms with Crippen molar-refractivity contribution in [1.29, 1.82) is 0 Å². The zero-order valence-corrected chi connectivity index (χ0v) is 17.9. The summed E-state index contributed by atoms with van der Waals surface area (Å²) in [7, 11) is -3.83. The molecule has 0 amide bonds. The standard InChI is InChI=1S/C20H24N6O4S/c1-2-30-19(27)13-5-4-10-26(12-13)18-16-8-9-22-17(16)24-20(25-18)23-14-6-3-7-15(11-14)31(21,28)29/h3,6-9,11,13H,2,4-5,10,12H2,1H3,(H2,21,28,29)(H2,22,23,24,25). The minimum atomic E-state index is -3.83. The number of ether oxygens (including phenoxy) is 1. The highest BCUT2D eigenvalue weighted by atomic mass is 32.2. The van der Waals surface area contributed by atoms with E-state index in [4.69, 9.17) is 9.88 Å². The van der Waals surface area contributed by atoms with E-state index in [0.29, 0.717) is 36.3 Å². The normalized spacial score (nSPS) is 17.0. The van der Waals surface area contributed by atoms with E-state index in [0.717, 1.165) is 24.8 Å². The number of nitrogens with zero attached hydrogens (tertiary/aromatic N) is 3. The van der Waals surface area contributed by atoms with Gasteiger partial charge >= 0.3 is 5.97 Å². The van der Waals surface area contributed by atoms with Gasteiger partial charge < -0.3 is 19.9 Å². The Kier molecular flexibility index (Phi) is 5.79. The van der Waals surface area contributed by atoms with Crippen LogP contribution in [0.25, 0.3) is 11.0 Å². The average Bonchev–Trinajstić information content (AvgIpc) is 3.22. The van der Waals surface area contributed by atoms with E-state index in [1.165, 1.54) is 12.1 Å². The summed E-state index contributed by atoms with van der Waals surface area (Å²) in [6, 6.07) is 8.03. The second-order valence-corrected chi connectivity index (χ2v) is 8.91. The zero-order valence-electron chi connectivity index (χ0n) is 17.0. The summed E-state index contributed by atoms with van der Waals surface area (Å²) in [6.07, 6.45) is 3.40. The van der Waals surface area contributed by atoms with Crippen LogP contribution in [0.15, 0.2) is 41.4 Å². The number of piperidine rings is 1. The van der Waals surface area contributed by atoms with Crippen molar-refractivity contribution in [2.24, 2.45) is 11.1 Å². The predicted molar refractivity (Wildman–Crippen MR) is 117 cm³/mol. The van der Waals surface area contributed by atoms with Crippen molar-refractivity contribution in [3.63, 3.8) is 0 Å². The van der Waals surface area contributed by atoms with Gasteiger partial charge in [0.2, 0.25) is 16.0 Å². The van der Waals surface area contributed by atoms with Crippen molar-refractivity contribution in [1.82, 2.24) is 15.0 Å². The Morgan fingerprint density at radius 3 is 2.97 bits per heavy atom. The van der Waals surface area contributed by atoms with Crippen molar-refractivity contribution in [3.8, 4) is 0 Å². The molecule has 31 heavy (non-hydrogen) atoms. The molecule has 1 unspecified atom stereocenters. The topological polar surface area (TPSA) is 143 Å². The molecule has 3 aromatic rings. The first kappa shape index (κ1) is 21.1. The lowest BCUT2D eigenvalue weighted by Crippen LogP contribution is -2.40. The molecule has 0 aliphatic carbocycles. The van der Waals surface area contributed by atoms with Gasteiger partial charge in [0.15, 0.2) is 0 Å². The van der Waals surface area contributed by atoms with Crippen LogP contribution in [0.2, 0.25) is 0 Å². The molecule has 1 atom stereocenters. The van der Waals surface area contributed by atoms with Crippen LogP contribution in [0.3, 0.4) is 0 Å². The van der Waals surface area contributed by atoms with E-state index in [1.807, 2.05) is 6.07 Å². The Morgan fingerprint density at radius 2 is 2.19 bits per heavy atom. The number of sulfonamides is 1. The fourth-order valence-corrected chi connectivity index (χ4v) is 4.28. The number of anilines is 3. The third kappa shape index (κ3) is 4.62. The molecule has 1 saturated heterocycles. The van der Waals surface area contributed by atoms with Crippen LogP contribution >= 0.6 is 0 Å². The largest absolute Gasteiger partial charge is 0.466 e. The molecule has 1 aromatic carbocycles. The molecule has 1 fully saturated rings. The molecule has 0 spiro atoms. The van der Waals surface area contributed by atoms with Gasteiger partial charge in [-0.25, -0.2) is 13.6 Å². The number of primary sulfonamides is 1.